The summed E-state index contributed by atoms with van der Waals surface area (Å²) in [5, 5.41) is 38.4. The molecule has 0 aliphatic heterocycles. The van der Waals surface area contributed by atoms with Gasteiger partial charge in [-0.1, -0.05) is 36.4 Å². The van der Waals surface area contributed by atoms with Crippen molar-refractivity contribution in [3.8, 4) is 0 Å². The summed E-state index contributed by atoms with van der Waals surface area (Å²) in [4.78, 5) is 24.3. The van der Waals surface area contributed by atoms with E-state index in [2.05, 4.69) is 6.58 Å². The number of ketones is 2. The molecular formula is C15H18O6. The van der Waals surface area contributed by atoms with Crippen LogP contribution in [0.2, 0.25) is 0 Å². The van der Waals surface area contributed by atoms with E-state index < -0.39 is 42.4 Å². The summed E-state index contributed by atoms with van der Waals surface area (Å²) in [5.41, 5.74) is -2.49. The predicted molar refractivity (Wildman–Crippen MR) is 74.6 cm³/mol. The smallest absolute Gasteiger partial charge is 0.237 e. The van der Waals surface area contributed by atoms with Gasteiger partial charge in [0.15, 0.2) is 5.60 Å². The molecule has 3 unspecified atom stereocenters. The van der Waals surface area contributed by atoms with Crippen LogP contribution >= 0.6 is 0 Å². The molecule has 4 N–H and O–H groups in total. The minimum absolute atomic E-state index is 0.0516. The first kappa shape index (κ1) is 17.2. The number of hydrogen-bond donors (Lipinski definition) is 4. The summed E-state index contributed by atoms with van der Waals surface area (Å²) in [6.07, 6.45) is -3.07. The van der Waals surface area contributed by atoms with E-state index in [1.807, 2.05) is 0 Å². The average Bonchev–Trinajstić information content (AvgIpc) is 2.52. The molecule has 0 amide bonds. The summed E-state index contributed by atoms with van der Waals surface area (Å²) < 4.78 is 0. The largest absolute Gasteiger partial charge is 0.394 e. The molecule has 0 saturated heterocycles. The standard InChI is InChI=1S/C15H18O6/c1-2-8-15(21,13(19)11(17)9-16)14(20)12(18)10-6-4-3-5-7-10/h2-7,11,13,16-17,19,21H,1,8-9H2. The van der Waals surface area contributed by atoms with Crippen LogP contribution in [0.1, 0.15) is 16.8 Å². The van der Waals surface area contributed by atoms with E-state index in [9.17, 15) is 24.9 Å². The van der Waals surface area contributed by atoms with Crippen LogP contribution in [0.4, 0.5) is 0 Å². The molecule has 1 aromatic rings. The van der Waals surface area contributed by atoms with Gasteiger partial charge in [0.05, 0.1) is 6.61 Å². The van der Waals surface area contributed by atoms with E-state index in [1.165, 1.54) is 12.1 Å². The first-order chi connectivity index (χ1) is 9.88. The van der Waals surface area contributed by atoms with E-state index in [0.29, 0.717) is 0 Å². The van der Waals surface area contributed by atoms with Crippen molar-refractivity contribution < 1.29 is 30.0 Å². The molecule has 0 heterocycles. The zero-order valence-corrected chi connectivity index (χ0v) is 11.3. The van der Waals surface area contributed by atoms with E-state index in [1.54, 1.807) is 18.2 Å². The Bertz CT molecular complexity index is 512. The second kappa shape index (κ2) is 7.24. The van der Waals surface area contributed by atoms with Crippen LogP contribution in [-0.4, -0.2) is 56.4 Å². The van der Waals surface area contributed by atoms with Crippen LogP contribution in [0.25, 0.3) is 0 Å². The predicted octanol–water partition coefficient (Wildman–Crippen LogP) is -0.540. The molecule has 21 heavy (non-hydrogen) atoms. The third-order valence-electron chi connectivity index (χ3n) is 3.13. The van der Waals surface area contributed by atoms with Crippen molar-refractivity contribution in [2.24, 2.45) is 0 Å². The van der Waals surface area contributed by atoms with Crippen LogP contribution in [0.15, 0.2) is 43.0 Å². The fourth-order valence-electron chi connectivity index (χ4n) is 1.90. The molecule has 1 rings (SSSR count). The number of carbonyl (C=O) groups excluding carboxylic acids is 2. The maximum Gasteiger partial charge on any atom is 0.237 e. The number of hydrogen-bond acceptors (Lipinski definition) is 6. The third-order valence-corrected chi connectivity index (χ3v) is 3.13. The summed E-state index contributed by atoms with van der Waals surface area (Å²) >= 11 is 0. The second-order valence-electron chi connectivity index (χ2n) is 4.64. The molecule has 6 heteroatoms. The van der Waals surface area contributed by atoms with E-state index >= 15 is 0 Å². The first-order valence-corrected chi connectivity index (χ1v) is 6.33. The fourth-order valence-corrected chi connectivity index (χ4v) is 1.90. The van der Waals surface area contributed by atoms with Gasteiger partial charge in [-0.25, -0.2) is 0 Å². The summed E-state index contributed by atoms with van der Waals surface area (Å²) in [5.74, 6) is -2.27. The Morgan fingerprint density at radius 3 is 2.29 bits per heavy atom. The molecule has 0 aliphatic carbocycles. The summed E-state index contributed by atoms with van der Waals surface area (Å²) in [7, 11) is 0. The highest BCUT2D eigenvalue weighted by molar-refractivity contribution is 6.46. The Morgan fingerprint density at radius 1 is 1.24 bits per heavy atom. The number of rotatable bonds is 8. The third kappa shape index (κ3) is 3.62. The van der Waals surface area contributed by atoms with Gasteiger partial charge in [0.1, 0.15) is 12.2 Å². The quantitative estimate of drug-likeness (QED) is 0.291. The van der Waals surface area contributed by atoms with Crippen LogP contribution in [-0.2, 0) is 4.79 Å². The Balaban J connectivity index is 3.12. The summed E-state index contributed by atoms with van der Waals surface area (Å²) in [6, 6.07) is 7.53. The topological polar surface area (TPSA) is 115 Å². The lowest BCUT2D eigenvalue weighted by Gasteiger charge is -2.32. The maximum atomic E-state index is 12.2. The Kier molecular flexibility index (Phi) is 5.92. The molecule has 0 fully saturated rings. The van der Waals surface area contributed by atoms with Crippen LogP contribution < -0.4 is 0 Å². The molecule has 1 aromatic carbocycles. The van der Waals surface area contributed by atoms with Crippen molar-refractivity contribution in [2.45, 2.75) is 24.2 Å². The lowest BCUT2D eigenvalue weighted by Crippen LogP contribution is -2.57. The highest BCUT2D eigenvalue weighted by Crippen LogP contribution is 2.22. The average molecular weight is 294 g/mol. The SMILES string of the molecule is C=CCC(O)(C(=O)C(=O)c1ccccc1)C(O)C(O)CO. The second-order valence-corrected chi connectivity index (χ2v) is 4.64. The molecule has 114 valence electrons. The molecule has 0 spiro atoms. The number of aliphatic hydroxyl groups is 4. The molecule has 0 radical (unpaired) electrons. The van der Waals surface area contributed by atoms with Crippen molar-refractivity contribution in [1.82, 2.24) is 0 Å². The van der Waals surface area contributed by atoms with Gasteiger partial charge in [-0.2, -0.15) is 0 Å². The first-order valence-electron chi connectivity index (χ1n) is 6.33. The molecule has 3 atom stereocenters. The molecule has 0 aromatic heterocycles. The van der Waals surface area contributed by atoms with E-state index in [-0.39, 0.29) is 5.56 Å². The van der Waals surface area contributed by atoms with Gasteiger partial charge in [-0.05, 0) is 0 Å². The number of Topliss-reactive ketones (excluding diaryl/α,β-unsaturated/α-hetero) is 2. The minimum Gasteiger partial charge on any atom is -0.394 e. The van der Waals surface area contributed by atoms with Crippen molar-refractivity contribution >= 4 is 11.6 Å². The molecule has 0 saturated carbocycles. The Hall–Kier alpha value is -1.86. The van der Waals surface area contributed by atoms with Gasteiger partial charge in [0.25, 0.3) is 0 Å². The Morgan fingerprint density at radius 2 is 1.81 bits per heavy atom. The van der Waals surface area contributed by atoms with Gasteiger partial charge in [0, 0.05) is 12.0 Å². The van der Waals surface area contributed by atoms with E-state index in [4.69, 9.17) is 5.11 Å². The van der Waals surface area contributed by atoms with Gasteiger partial charge in [0.2, 0.25) is 11.6 Å². The lowest BCUT2D eigenvalue weighted by molar-refractivity contribution is -0.159. The van der Waals surface area contributed by atoms with Gasteiger partial charge in [-0.3, -0.25) is 9.59 Å². The normalized spacial score (nSPS) is 16.6. The van der Waals surface area contributed by atoms with Crippen LogP contribution in [0, 0.1) is 0 Å². The van der Waals surface area contributed by atoms with Gasteiger partial charge < -0.3 is 20.4 Å². The van der Waals surface area contributed by atoms with Gasteiger partial charge in [-0.15, -0.1) is 6.58 Å². The zero-order chi connectivity index (χ0) is 16.0. The lowest BCUT2D eigenvalue weighted by atomic mass is 9.82. The highest BCUT2D eigenvalue weighted by atomic mass is 16.4. The van der Waals surface area contributed by atoms with E-state index in [0.717, 1.165) is 6.08 Å². The Labute approximate surface area is 122 Å². The molecular weight excluding hydrogens is 276 g/mol. The number of aliphatic hydroxyl groups excluding tert-OH is 3. The van der Waals surface area contributed by atoms with Crippen molar-refractivity contribution in [1.29, 1.82) is 0 Å². The number of carbonyl (C=O) groups is 2. The highest BCUT2D eigenvalue weighted by Gasteiger charge is 2.48. The molecule has 6 nitrogen and oxygen atoms in total. The van der Waals surface area contributed by atoms with Crippen molar-refractivity contribution in [2.75, 3.05) is 6.61 Å². The number of benzene rings is 1. The fraction of sp³-hybridized carbons (Fsp3) is 0.333. The van der Waals surface area contributed by atoms with Gasteiger partial charge >= 0.3 is 0 Å². The zero-order valence-electron chi connectivity index (χ0n) is 11.3. The van der Waals surface area contributed by atoms with Crippen molar-refractivity contribution in [3.05, 3.63) is 48.6 Å². The maximum absolute atomic E-state index is 12.2. The monoisotopic (exact) mass is 294 g/mol. The molecule has 0 aliphatic rings. The van der Waals surface area contributed by atoms with Crippen molar-refractivity contribution in [3.63, 3.8) is 0 Å². The molecule has 0 bridgehead atoms. The van der Waals surface area contributed by atoms with Crippen LogP contribution in [0.5, 0.6) is 0 Å². The van der Waals surface area contributed by atoms with Crippen LogP contribution in [0.3, 0.4) is 0 Å². The summed E-state index contributed by atoms with van der Waals surface area (Å²) in [6.45, 7) is 2.48. The minimum atomic E-state index is -2.54.